The van der Waals surface area contributed by atoms with Gasteiger partial charge in [0.25, 0.3) is 6.47 Å². The molecule has 1 rings (SSSR count). The molecule has 1 aromatic rings. The van der Waals surface area contributed by atoms with Gasteiger partial charge in [-0.05, 0) is 12.1 Å². The Morgan fingerprint density at radius 3 is 2.18 bits per heavy atom. The normalized spacial score (nSPS) is 7.45. The van der Waals surface area contributed by atoms with Crippen LogP contribution in [0.25, 0.3) is 0 Å². The summed E-state index contributed by atoms with van der Waals surface area (Å²) < 4.78 is 4.93. The number of nitrogens with zero attached hydrogens (tertiary/aromatic N) is 1. The second kappa shape index (κ2) is 7.21. The molecule has 0 fully saturated rings. The molecule has 0 aromatic carbocycles. The van der Waals surface area contributed by atoms with E-state index < -0.39 is 0 Å². The molecule has 11 heavy (non-hydrogen) atoms. The van der Waals surface area contributed by atoms with Crippen molar-refractivity contribution in [2.24, 2.45) is 0 Å². The lowest BCUT2D eigenvalue weighted by atomic mass is 10.5. The van der Waals surface area contributed by atoms with E-state index in [-0.39, 0.29) is 0 Å². The second-order valence-corrected chi connectivity index (χ2v) is 2.41. The summed E-state index contributed by atoms with van der Waals surface area (Å²) in [5.41, 5.74) is 0. The van der Waals surface area contributed by atoms with Crippen molar-refractivity contribution in [1.29, 1.82) is 0 Å². The van der Waals surface area contributed by atoms with Crippen molar-refractivity contribution < 1.29 is 9.53 Å². The van der Waals surface area contributed by atoms with Crippen molar-refractivity contribution in [2.75, 3.05) is 7.11 Å². The molecule has 0 radical (unpaired) electrons. The third kappa shape index (κ3) is 6.99. The summed E-state index contributed by atoms with van der Waals surface area (Å²) in [6.07, 6.45) is 3.48. The van der Waals surface area contributed by atoms with Gasteiger partial charge in [0.1, 0.15) is 0 Å². The van der Waals surface area contributed by atoms with Crippen molar-refractivity contribution in [3.05, 3.63) is 29.0 Å². The first kappa shape index (κ1) is 10.1. The van der Waals surface area contributed by atoms with E-state index >= 15 is 0 Å². The summed E-state index contributed by atoms with van der Waals surface area (Å²) in [4.78, 5) is 12.8. The number of carbonyl (C=O) groups is 1. The van der Waals surface area contributed by atoms with Crippen molar-refractivity contribution in [3.63, 3.8) is 0 Å². The summed E-state index contributed by atoms with van der Waals surface area (Å²) in [6.45, 7) is 0.375. The van der Waals surface area contributed by atoms with Crippen LogP contribution in [-0.2, 0) is 9.53 Å². The molecule has 0 bridgehead atoms. The first-order valence-corrected chi connectivity index (χ1v) is 3.62. The van der Waals surface area contributed by atoms with Crippen molar-refractivity contribution in [2.45, 2.75) is 0 Å². The van der Waals surface area contributed by atoms with Crippen LogP contribution in [0, 0.1) is 0 Å². The Balaban J connectivity index is 0.000000218. The van der Waals surface area contributed by atoms with E-state index in [4.69, 9.17) is 4.79 Å². The highest BCUT2D eigenvalue weighted by Gasteiger charge is 1.75. The van der Waals surface area contributed by atoms with Crippen LogP contribution in [0.4, 0.5) is 0 Å². The monoisotopic (exact) mass is 217 g/mol. The fourth-order valence-corrected chi connectivity index (χ4v) is 0.570. The van der Waals surface area contributed by atoms with Gasteiger partial charge in [-0.2, -0.15) is 0 Å². The number of halogens is 1. The molecule has 0 spiro atoms. The SMILES string of the molecule is Brc1ccncc1.COC=O. The van der Waals surface area contributed by atoms with E-state index in [2.05, 4.69) is 25.7 Å². The van der Waals surface area contributed by atoms with Gasteiger partial charge in [0, 0.05) is 16.9 Å². The van der Waals surface area contributed by atoms with Crippen LogP contribution in [0.5, 0.6) is 0 Å². The van der Waals surface area contributed by atoms with Gasteiger partial charge in [-0.1, -0.05) is 15.9 Å². The van der Waals surface area contributed by atoms with Crippen LogP contribution in [0.15, 0.2) is 29.0 Å². The molecular formula is C7H8BrNO2. The molecule has 0 aliphatic rings. The van der Waals surface area contributed by atoms with Gasteiger partial charge in [0.05, 0.1) is 7.11 Å². The molecule has 0 N–H and O–H groups in total. The van der Waals surface area contributed by atoms with Crippen LogP contribution >= 0.6 is 15.9 Å². The number of hydrogen-bond donors (Lipinski definition) is 0. The highest BCUT2D eigenvalue weighted by atomic mass is 79.9. The minimum atomic E-state index is 0.375. The van der Waals surface area contributed by atoms with Gasteiger partial charge in [0.2, 0.25) is 0 Å². The third-order valence-electron chi connectivity index (χ3n) is 0.736. The van der Waals surface area contributed by atoms with Crippen LogP contribution in [0.2, 0.25) is 0 Å². The van der Waals surface area contributed by atoms with Gasteiger partial charge in [-0.3, -0.25) is 9.78 Å². The average Bonchev–Trinajstić information content (AvgIpc) is 2.07. The number of methoxy groups -OCH3 is 1. The average molecular weight is 218 g/mol. The predicted molar refractivity (Wildman–Crippen MR) is 45.0 cm³/mol. The maximum absolute atomic E-state index is 8.95. The maximum atomic E-state index is 8.95. The summed E-state index contributed by atoms with van der Waals surface area (Å²) in [6, 6.07) is 3.78. The molecule has 0 saturated heterocycles. The first-order valence-electron chi connectivity index (χ1n) is 2.83. The standard InChI is InChI=1S/C5H4BrN.C2H4O2/c6-5-1-3-7-4-2-5;1-4-2-3/h1-4H;2H,1H3. The van der Waals surface area contributed by atoms with Crippen molar-refractivity contribution in [1.82, 2.24) is 4.98 Å². The summed E-state index contributed by atoms with van der Waals surface area (Å²) in [5, 5.41) is 0. The fourth-order valence-electron chi connectivity index (χ4n) is 0.334. The maximum Gasteiger partial charge on any atom is 0.292 e. The van der Waals surface area contributed by atoms with E-state index in [1.165, 1.54) is 7.11 Å². The highest BCUT2D eigenvalue weighted by molar-refractivity contribution is 9.10. The first-order chi connectivity index (χ1) is 5.31. The van der Waals surface area contributed by atoms with Gasteiger partial charge in [0.15, 0.2) is 0 Å². The Labute approximate surface area is 73.5 Å². The summed E-state index contributed by atoms with van der Waals surface area (Å²) in [5.74, 6) is 0. The minimum absolute atomic E-state index is 0.375. The molecule has 3 nitrogen and oxygen atoms in total. The fraction of sp³-hybridized carbons (Fsp3) is 0.143. The molecule has 0 unspecified atom stereocenters. The Morgan fingerprint density at radius 2 is 2.00 bits per heavy atom. The van der Waals surface area contributed by atoms with E-state index in [9.17, 15) is 0 Å². The number of pyridine rings is 1. The second-order valence-electron chi connectivity index (χ2n) is 1.50. The quantitative estimate of drug-likeness (QED) is 0.672. The van der Waals surface area contributed by atoms with Crippen LogP contribution in [-0.4, -0.2) is 18.6 Å². The molecule has 0 saturated carbocycles. The Bertz CT molecular complexity index is 191. The lowest BCUT2D eigenvalue weighted by Crippen LogP contribution is -1.68. The molecule has 0 atom stereocenters. The number of rotatable bonds is 1. The van der Waals surface area contributed by atoms with E-state index in [1.54, 1.807) is 12.4 Å². The third-order valence-corrected chi connectivity index (χ3v) is 1.26. The van der Waals surface area contributed by atoms with Gasteiger partial charge >= 0.3 is 0 Å². The zero-order chi connectivity index (χ0) is 8.53. The van der Waals surface area contributed by atoms with Crippen LogP contribution in [0.1, 0.15) is 0 Å². The number of aromatic nitrogens is 1. The highest BCUT2D eigenvalue weighted by Crippen LogP contribution is 2.03. The molecule has 0 aliphatic heterocycles. The van der Waals surface area contributed by atoms with Crippen molar-refractivity contribution >= 4 is 22.4 Å². The molecule has 1 heterocycles. The van der Waals surface area contributed by atoms with Crippen LogP contribution in [0.3, 0.4) is 0 Å². The largest absolute Gasteiger partial charge is 0.471 e. The molecule has 4 heteroatoms. The lowest BCUT2D eigenvalue weighted by molar-refractivity contribution is -0.126. The molecular weight excluding hydrogens is 210 g/mol. The smallest absolute Gasteiger partial charge is 0.292 e. The summed E-state index contributed by atoms with van der Waals surface area (Å²) in [7, 11) is 1.31. The Morgan fingerprint density at radius 1 is 1.55 bits per heavy atom. The number of ether oxygens (including phenoxy) is 1. The van der Waals surface area contributed by atoms with Crippen LogP contribution < -0.4 is 0 Å². The van der Waals surface area contributed by atoms with Gasteiger partial charge in [-0.25, -0.2) is 0 Å². The molecule has 1 aromatic heterocycles. The number of hydrogen-bond acceptors (Lipinski definition) is 3. The Kier molecular flexibility index (Phi) is 6.62. The van der Waals surface area contributed by atoms with E-state index in [1.807, 2.05) is 12.1 Å². The zero-order valence-corrected chi connectivity index (χ0v) is 7.61. The summed E-state index contributed by atoms with van der Waals surface area (Å²) >= 11 is 3.27. The zero-order valence-electron chi connectivity index (χ0n) is 6.03. The van der Waals surface area contributed by atoms with Gasteiger partial charge < -0.3 is 4.74 Å². The lowest BCUT2D eigenvalue weighted by Gasteiger charge is -1.80. The minimum Gasteiger partial charge on any atom is -0.471 e. The predicted octanol–water partition coefficient (Wildman–Crippen LogP) is 1.63. The van der Waals surface area contributed by atoms with E-state index in [0.29, 0.717) is 6.47 Å². The topological polar surface area (TPSA) is 39.2 Å². The van der Waals surface area contributed by atoms with E-state index in [0.717, 1.165) is 4.47 Å². The molecule has 0 aliphatic carbocycles. The van der Waals surface area contributed by atoms with Crippen molar-refractivity contribution in [3.8, 4) is 0 Å². The molecule has 60 valence electrons. The molecule has 0 amide bonds. The van der Waals surface area contributed by atoms with Gasteiger partial charge in [-0.15, -0.1) is 0 Å². The number of carbonyl (C=O) groups excluding carboxylic acids is 1. The Hall–Kier alpha value is -0.900.